The number of nitrogens with one attached hydrogen (secondary N) is 1. The summed E-state index contributed by atoms with van der Waals surface area (Å²) >= 11 is 1.73. The summed E-state index contributed by atoms with van der Waals surface area (Å²) in [4.78, 5) is 14.3. The first kappa shape index (κ1) is 11.6. The Balaban J connectivity index is 1.83. The summed E-state index contributed by atoms with van der Waals surface area (Å²) in [6.45, 7) is 2.71. The van der Waals surface area contributed by atoms with Crippen molar-refractivity contribution in [1.82, 2.24) is 5.32 Å². The van der Waals surface area contributed by atoms with Crippen molar-refractivity contribution in [2.45, 2.75) is 38.8 Å². The molecule has 88 valence electrons. The Kier molecular flexibility index (Phi) is 3.61. The molecule has 0 bridgehead atoms. The van der Waals surface area contributed by atoms with Gasteiger partial charge in [0, 0.05) is 15.8 Å². The third-order valence-electron chi connectivity index (χ3n) is 3.14. The first-order valence-corrected chi connectivity index (χ1v) is 6.57. The molecule has 0 aliphatic heterocycles. The lowest BCUT2D eigenvalue weighted by atomic mass is 10.0. The van der Waals surface area contributed by atoms with Crippen molar-refractivity contribution in [3.8, 4) is 0 Å². The van der Waals surface area contributed by atoms with Crippen LogP contribution in [0.1, 0.15) is 29.0 Å². The van der Waals surface area contributed by atoms with Gasteiger partial charge in [0.05, 0.1) is 12.5 Å². The van der Waals surface area contributed by atoms with Crippen molar-refractivity contribution < 1.29 is 4.79 Å². The molecular formula is C12H18N2OS. The van der Waals surface area contributed by atoms with E-state index in [1.54, 1.807) is 11.3 Å². The standard InChI is InChI=1S/C12H18N2OS/c1-8-5-6-9(16-8)7-14-12(15)10-3-2-4-11(10)13/h5-6,10-11H,2-4,7,13H2,1H3,(H,14,15). The van der Waals surface area contributed by atoms with Gasteiger partial charge in [0.2, 0.25) is 5.91 Å². The molecule has 2 atom stereocenters. The third-order valence-corrected chi connectivity index (χ3v) is 4.14. The molecule has 0 saturated heterocycles. The predicted octanol–water partition coefficient (Wildman–Crippen LogP) is 1.80. The molecule has 1 aromatic heterocycles. The lowest BCUT2D eigenvalue weighted by Crippen LogP contribution is -2.38. The Morgan fingerprint density at radius 3 is 2.94 bits per heavy atom. The summed E-state index contributed by atoms with van der Waals surface area (Å²) in [6.07, 6.45) is 3.00. The summed E-state index contributed by atoms with van der Waals surface area (Å²) in [6, 6.07) is 4.20. The Bertz CT molecular complexity index is 375. The van der Waals surface area contributed by atoms with Crippen LogP contribution in [0.25, 0.3) is 0 Å². The second kappa shape index (κ2) is 4.97. The van der Waals surface area contributed by atoms with Crippen LogP contribution < -0.4 is 11.1 Å². The van der Waals surface area contributed by atoms with Crippen molar-refractivity contribution in [3.63, 3.8) is 0 Å². The zero-order valence-corrected chi connectivity index (χ0v) is 10.3. The topological polar surface area (TPSA) is 55.1 Å². The van der Waals surface area contributed by atoms with Crippen LogP contribution in [-0.4, -0.2) is 11.9 Å². The molecule has 1 amide bonds. The molecule has 2 rings (SSSR count). The number of hydrogen-bond acceptors (Lipinski definition) is 3. The number of thiophene rings is 1. The van der Waals surface area contributed by atoms with Crippen molar-refractivity contribution in [2.24, 2.45) is 11.7 Å². The van der Waals surface area contributed by atoms with Gasteiger partial charge in [0.25, 0.3) is 0 Å². The van der Waals surface area contributed by atoms with Crippen molar-refractivity contribution in [2.75, 3.05) is 0 Å². The second-order valence-corrected chi connectivity index (χ2v) is 5.80. The smallest absolute Gasteiger partial charge is 0.224 e. The molecule has 0 aromatic carbocycles. The van der Waals surface area contributed by atoms with Crippen LogP contribution in [0.15, 0.2) is 12.1 Å². The minimum absolute atomic E-state index is 0.0288. The Hall–Kier alpha value is -0.870. The number of hydrogen-bond donors (Lipinski definition) is 2. The molecule has 1 heterocycles. The van der Waals surface area contributed by atoms with Gasteiger partial charge in [-0.15, -0.1) is 11.3 Å². The molecule has 3 N–H and O–H groups in total. The maximum absolute atomic E-state index is 11.8. The average Bonchev–Trinajstić information content (AvgIpc) is 2.84. The molecule has 2 unspecified atom stereocenters. The van der Waals surface area contributed by atoms with Gasteiger partial charge in [0.15, 0.2) is 0 Å². The molecule has 1 aliphatic rings. The SMILES string of the molecule is Cc1ccc(CNC(=O)C2CCCC2N)s1. The maximum Gasteiger partial charge on any atom is 0.224 e. The summed E-state index contributed by atoms with van der Waals surface area (Å²) in [5.41, 5.74) is 5.89. The first-order chi connectivity index (χ1) is 7.66. The maximum atomic E-state index is 11.8. The minimum atomic E-state index is 0.0288. The molecule has 3 nitrogen and oxygen atoms in total. The summed E-state index contributed by atoms with van der Waals surface area (Å²) < 4.78 is 0. The van der Waals surface area contributed by atoms with Gasteiger partial charge in [0.1, 0.15) is 0 Å². The van der Waals surface area contributed by atoms with Crippen molar-refractivity contribution in [1.29, 1.82) is 0 Å². The van der Waals surface area contributed by atoms with Crippen LogP contribution in [-0.2, 0) is 11.3 Å². The van der Waals surface area contributed by atoms with Gasteiger partial charge < -0.3 is 11.1 Å². The average molecular weight is 238 g/mol. The number of carbonyl (C=O) groups is 1. The van der Waals surface area contributed by atoms with Crippen LogP contribution >= 0.6 is 11.3 Å². The summed E-state index contributed by atoms with van der Waals surface area (Å²) in [5.74, 6) is 0.150. The molecule has 0 radical (unpaired) electrons. The fourth-order valence-electron chi connectivity index (χ4n) is 2.20. The van der Waals surface area contributed by atoms with Crippen molar-refractivity contribution >= 4 is 17.2 Å². The molecule has 1 aromatic rings. The number of aryl methyl sites for hydroxylation is 1. The van der Waals surface area contributed by atoms with Gasteiger partial charge in [-0.2, -0.15) is 0 Å². The second-order valence-electron chi connectivity index (χ2n) is 4.43. The lowest BCUT2D eigenvalue weighted by molar-refractivity contribution is -0.125. The summed E-state index contributed by atoms with van der Waals surface area (Å²) in [5, 5.41) is 2.98. The summed E-state index contributed by atoms with van der Waals surface area (Å²) in [7, 11) is 0. The fraction of sp³-hybridized carbons (Fsp3) is 0.583. The van der Waals surface area contributed by atoms with E-state index in [0.717, 1.165) is 19.3 Å². The highest BCUT2D eigenvalue weighted by molar-refractivity contribution is 7.11. The lowest BCUT2D eigenvalue weighted by Gasteiger charge is -2.14. The highest BCUT2D eigenvalue weighted by atomic mass is 32.1. The van der Waals surface area contributed by atoms with Gasteiger partial charge in [-0.25, -0.2) is 0 Å². The van der Waals surface area contributed by atoms with E-state index in [-0.39, 0.29) is 17.9 Å². The van der Waals surface area contributed by atoms with E-state index in [9.17, 15) is 4.79 Å². The Morgan fingerprint density at radius 1 is 1.56 bits per heavy atom. The predicted molar refractivity (Wildman–Crippen MR) is 66.2 cm³/mol. The van der Waals surface area contributed by atoms with E-state index < -0.39 is 0 Å². The largest absolute Gasteiger partial charge is 0.351 e. The van der Waals surface area contributed by atoms with E-state index in [1.165, 1.54) is 9.75 Å². The normalized spacial score (nSPS) is 24.6. The number of nitrogens with two attached hydrogens (primary N) is 1. The Labute approximate surface area is 100 Å². The quantitative estimate of drug-likeness (QED) is 0.843. The molecular weight excluding hydrogens is 220 g/mol. The van der Waals surface area contributed by atoms with Crippen LogP contribution in [0.5, 0.6) is 0 Å². The zero-order valence-electron chi connectivity index (χ0n) is 9.53. The van der Waals surface area contributed by atoms with E-state index in [2.05, 4.69) is 24.4 Å². The first-order valence-electron chi connectivity index (χ1n) is 5.75. The van der Waals surface area contributed by atoms with E-state index in [4.69, 9.17) is 5.73 Å². The van der Waals surface area contributed by atoms with Crippen LogP contribution in [0.2, 0.25) is 0 Å². The molecule has 1 aliphatic carbocycles. The number of carbonyl (C=O) groups excluding carboxylic acids is 1. The van der Waals surface area contributed by atoms with Crippen molar-refractivity contribution in [3.05, 3.63) is 21.9 Å². The van der Waals surface area contributed by atoms with Gasteiger partial charge in [-0.1, -0.05) is 6.42 Å². The van der Waals surface area contributed by atoms with Crippen LogP contribution in [0.4, 0.5) is 0 Å². The third kappa shape index (κ3) is 2.62. The fourth-order valence-corrected chi connectivity index (χ4v) is 3.03. The molecule has 16 heavy (non-hydrogen) atoms. The highest BCUT2D eigenvalue weighted by Crippen LogP contribution is 2.24. The number of rotatable bonds is 3. The zero-order chi connectivity index (χ0) is 11.5. The van der Waals surface area contributed by atoms with E-state index >= 15 is 0 Å². The van der Waals surface area contributed by atoms with Crippen LogP contribution in [0, 0.1) is 12.8 Å². The van der Waals surface area contributed by atoms with E-state index in [0.29, 0.717) is 6.54 Å². The monoisotopic (exact) mass is 238 g/mol. The number of amides is 1. The minimum Gasteiger partial charge on any atom is -0.351 e. The molecule has 1 fully saturated rings. The van der Waals surface area contributed by atoms with Gasteiger partial charge in [-0.3, -0.25) is 4.79 Å². The highest BCUT2D eigenvalue weighted by Gasteiger charge is 2.29. The molecule has 0 spiro atoms. The molecule has 4 heteroatoms. The molecule has 1 saturated carbocycles. The van der Waals surface area contributed by atoms with Crippen LogP contribution in [0.3, 0.4) is 0 Å². The van der Waals surface area contributed by atoms with Gasteiger partial charge in [-0.05, 0) is 31.9 Å². The van der Waals surface area contributed by atoms with Gasteiger partial charge >= 0.3 is 0 Å². The Morgan fingerprint density at radius 2 is 2.38 bits per heavy atom. The van der Waals surface area contributed by atoms with E-state index in [1.807, 2.05) is 0 Å².